The van der Waals surface area contributed by atoms with Crippen LogP contribution in [0.1, 0.15) is 19.0 Å². The second kappa shape index (κ2) is 9.13. The van der Waals surface area contributed by atoms with Crippen molar-refractivity contribution in [2.75, 3.05) is 45.1 Å². The first kappa shape index (κ1) is 21.4. The Morgan fingerprint density at radius 3 is 2.84 bits per heavy atom. The number of aliphatic hydroxyl groups is 2. The molecule has 0 radical (unpaired) electrons. The number of carbonyl (C=O) groups excluding carboxylic acids is 1. The molecule has 4 rings (SSSR count). The van der Waals surface area contributed by atoms with Crippen LogP contribution in [0.2, 0.25) is 0 Å². The van der Waals surface area contributed by atoms with Gasteiger partial charge in [-0.25, -0.2) is 15.0 Å². The summed E-state index contributed by atoms with van der Waals surface area (Å²) in [4.78, 5) is 27.1. The van der Waals surface area contributed by atoms with E-state index in [1.54, 1.807) is 6.92 Å². The van der Waals surface area contributed by atoms with Crippen LogP contribution in [0.3, 0.4) is 0 Å². The Bertz CT molecular complexity index is 1010. The quantitative estimate of drug-likeness (QED) is 0.393. The van der Waals surface area contributed by atoms with Gasteiger partial charge in [0.05, 0.1) is 26.1 Å². The van der Waals surface area contributed by atoms with Crippen molar-refractivity contribution in [1.29, 1.82) is 0 Å². The highest BCUT2D eigenvalue weighted by Gasteiger charge is 2.47. The third-order valence-electron chi connectivity index (χ3n) is 5.18. The molecule has 0 aromatic carbocycles. The van der Waals surface area contributed by atoms with Crippen LogP contribution < -0.4 is 11.1 Å². The molecule has 4 heterocycles. The van der Waals surface area contributed by atoms with Gasteiger partial charge in [-0.1, -0.05) is 5.92 Å². The lowest BCUT2D eigenvalue weighted by Gasteiger charge is -2.24. The van der Waals surface area contributed by atoms with Gasteiger partial charge in [-0.2, -0.15) is 0 Å². The van der Waals surface area contributed by atoms with Crippen molar-refractivity contribution in [2.45, 2.75) is 31.5 Å². The number of nitrogens with zero attached hydrogens (tertiary/aromatic N) is 5. The number of anilines is 1. The summed E-state index contributed by atoms with van der Waals surface area (Å²) in [7, 11) is 0. The number of hydrogen-bond donors (Lipinski definition) is 4. The number of aromatic nitrogens is 4. The van der Waals surface area contributed by atoms with E-state index in [9.17, 15) is 15.0 Å². The molecule has 2 aliphatic heterocycles. The van der Waals surface area contributed by atoms with Crippen LogP contribution in [0.25, 0.3) is 11.2 Å². The lowest BCUT2D eigenvalue weighted by Crippen LogP contribution is -2.42. The Morgan fingerprint density at radius 2 is 2.10 bits per heavy atom. The van der Waals surface area contributed by atoms with E-state index in [0.717, 1.165) is 13.1 Å². The van der Waals surface area contributed by atoms with Gasteiger partial charge in [0.15, 0.2) is 23.8 Å². The topological polar surface area (TPSA) is 161 Å². The Hall–Kier alpha value is -2.82. The number of morpholine rings is 1. The first-order valence-electron chi connectivity index (χ1n) is 10.1. The molecule has 12 heteroatoms. The summed E-state index contributed by atoms with van der Waals surface area (Å²) in [5.41, 5.74) is 6.62. The van der Waals surface area contributed by atoms with E-state index in [1.807, 2.05) is 0 Å². The number of imidazole rings is 1. The Kier molecular flexibility index (Phi) is 6.30. The summed E-state index contributed by atoms with van der Waals surface area (Å²) in [5, 5.41) is 23.3. The molecule has 2 fully saturated rings. The average molecular weight is 431 g/mol. The molecular formula is C19H25N7O5. The standard InChI is InChI=1S/C19H25N7O5/c1-2-21-18(29)15-13(27)14(28)19(31-15)26-10-22-12-16(20)23-11(24-17(12)26)4-3-5-25-6-8-30-9-7-25/h10,13-15,19,27-28H,2,5-9H2,1H3,(H,21,29)(H2,20,23,24)/t13-,14+,15-,19+/m0/s1. The first-order valence-corrected chi connectivity index (χ1v) is 10.1. The SMILES string of the molecule is CCNC(=O)[C@H]1O[C@@H](n2cnc3c(N)nc(C#CCN4CCOCC4)nc32)[C@H](O)[C@@H]1O. The monoisotopic (exact) mass is 431 g/mol. The molecule has 31 heavy (non-hydrogen) atoms. The predicted molar refractivity (Wildman–Crippen MR) is 108 cm³/mol. The van der Waals surface area contributed by atoms with E-state index in [1.165, 1.54) is 10.9 Å². The summed E-state index contributed by atoms with van der Waals surface area (Å²) in [6.45, 7) is 5.67. The molecule has 5 N–H and O–H groups in total. The number of nitrogens with two attached hydrogens (primary N) is 1. The summed E-state index contributed by atoms with van der Waals surface area (Å²) in [5.74, 6) is 5.76. The number of aliphatic hydroxyl groups excluding tert-OH is 2. The van der Waals surface area contributed by atoms with Crippen LogP contribution in [0.4, 0.5) is 5.82 Å². The summed E-state index contributed by atoms with van der Waals surface area (Å²) in [6.07, 6.45) is -3.68. The van der Waals surface area contributed by atoms with Crippen LogP contribution in [-0.4, -0.2) is 98.2 Å². The molecular weight excluding hydrogens is 406 g/mol. The highest BCUT2D eigenvalue weighted by atomic mass is 16.6. The zero-order valence-electron chi connectivity index (χ0n) is 17.1. The number of nitrogen functional groups attached to an aromatic ring is 1. The van der Waals surface area contributed by atoms with E-state index in [4.69, 9.17) is 15.2 Å². The molecule has 2 saturated heterocycles. The van der Waals surface area contributed by atoms with Gasteiger partial charge in [0, 0.05) is 19.6 Å². The normalized spacial score (nSPS) is 26.5. The lowest BCUT2D eigenvalue weighted by atomic mass is 10.1. The number of ether oxygens (including phenoxy) is 2. The maximum Gasteiger partial charge on any atom is 0.252 e. The number of rotatable bonds is 4. The number of likely N-dealkylation sites (N-methyl/N-ethyl adjacent to an activating group) is 1. The maximum atomic E-state index is 12.1. The van der Waals surface area contributed by atoms with Crippen LogP contribution in [0, 0.1) is 11.8 Å². The van der Waals surface area contributed by atoms with Gasteiger partial charge in [0.1, 0.15) is 17.7 Å². The van der Waals surface area contributed by atoms with Gasteiger partial charge in [-0.05, 0) is 12.8 Å². The fourth-order valence-corrected chi connectivity index (χ4v) is 3.55. The first-order chi connectivity index (χ1) is 15.0. The van der Waals surface area contributed by atoms with Crippen LogP contribution in [-0.2, 0) is 14.3 Å². The maximum absolute atomic E-state index is 12.1. The van der Waals surface area contributed by atoms with Gasteiger partial charge in [-0.3, -0.25) is 14.3 Å². The van der Waals surface area contributed by atoms with Crippen molar-refractivity contribution in [3.63, 3.8) is 0 Å². The molecule has 2 aliphatic rings. The van der Waals surface area contributed by atoms with Crippen molar-refractivity contribution < 1.29 is 24.5 Å². The summed E-state index contributed by atoms with van der Waals surface area (Å²) in [6, 6.07) is 0. The van der Waals surface area contributed by atoms with Crippen LogP contribution >= 0.6 is 0 Å². The minimum atomic E-state index is -1.40. The average Bonchev–Trinajstić information content (AvgIpc) is 3.31. The molecule has 4 atom stereocenters. The fraction of sp³-hybridized carbons (Fsp3) is 0.579. The largest absolute Gasteiger partial charge is 0.387 e. The minimum Gasteiger partial charge on any atom is -0.387 e. The second-order valence-electron chi connectivity index (χ2n) is 7.27. The third-order valence-corrected chi connectivity index (χ3v) is 5.18. The Morgan fingerprint density at radius 1 is 1.32 bits per heavy atom. The smallest absolute Gasteiger partial charge is 0.252 e. The Balaban J connectivity index is 1.58. The van der Waals surface area contributed by atoms with Gasteiger partial charge in [0.2, 0.25) is 5.82 Å². The molecule has 0 aliphatic carbocycles. The molecule has 12 nitrogen and oxygen atoms in total. The lowest BCUT2D eigenvalue weighted by molar-refractivity contribution is -0.137. The van der Waals surface area contributed by atoms with E-state index < -0.39 is 30.4 Å². The number of hydrogen-bond acceptors (Lipinski definition) is 10. The number of fused-ring (bicyclic) bond motifs is 1. The molecule has 1 amide bonds. The van der Waals surface area contributed by atoms with Gasteiger partial charge < -0.3 is 30.7 Å². The van der Waals surface area contributed by atoms with Gasteiger partial charge >= 0.3 is 0 Å². The van der Waals surface area contributed by atoms with E-state index in [0.29, 0.717) is 31.8 Å². The van der Waals surface area contributed by atoms with Crippen molar-refractivity contribution in [3.8, 4) is 11.8 Å². The summed E-state index contributed by atoms with van der Waals surface area (Å²) >= 11 is 0. The second-order valence-corrected chi connectivity index (χ2v) is 7.27. The van der Waals surface area contributed by atoms with Crippen LogP contribution in [0.15, 0.2) is 6.33 Å². The van der Waals surface area contributed by atoms with Crippen molar-refractivity contribution in [1.82, 2.24) is 29.7 Å². The molecule has 0 unspecified atom stereocenters. The molecule has 2 aromatic heterocycles. The van der Waals surface area contributed by atoms with Crippen molar-refractivity contribution >= 4 is 22.9 Å². The van der Waals surface area contributed by atoms with E-state index in [-0.39, 0.29) is 17.3 Å². The molecule has 166 valence electrons. The zero-order chi connectivity index (χ0) is 22.0. The van der Waals surface area contributed by atoms with Crippen LogP contribution in [0.5, 0.6) is 0 Å². The number of carbonyl (C=O) groups is 1. The predicted octanol–water partition coefficient (Wildman–Crippen LogP) is -2.15. The zero-order valence-corrected chi connectivity index (χ0v) is 17.1. The number of nitrogens with one attached hydrogen (secondary N) is 1. The molecule has 0 spiro atoms. The highest BCUT2D eigenvalue weighted by molar-refractivity contribution is 5.83. The molecule has 0 bridgehead atoms. The molecule has 0 saturated carbocycles. The highest BCUT2D eigenvalue weighted by Crippen LogP contribution is 2.32. The number of amides is 1. The fourth-order valence-electron chi connectivity index (χ4n) is 3.55. The summed E-state index contributed by atoms with van der Waals surface area (Å²) < 4.78 is 12.4. The van der Waals surface area contributed by atoms with Crippen molar-refractivity contribution in [2.24, 2.45) is 0 Å². The third kappa shape index (κ3) is 4.32. The van der Waals surface area contributed by atoms with E-state index in [2.05, 4.69) is 37.0 Å². The minimum absolute atomic E-state index is 0.132. The van der Waals surface area contributed by atoms with Gasteiger partial charge in [-0.15, -0.1) is 0 Å². The van der Waals surface area contributed by atoms with Crippen molar-refractivity contribution in [3.05, 3.63) is 12.2 Å². The van der Waals surface area contributed by atoms with Gasteiger partial charge in [0.25, 0.3) is 5.91 Å². The Labute approximate surface area is 178 Å². The molecule has 2 aromatic rings. The van der Waals surface area contributed by atoms with E-state index >= 15 is 0 Å².